The van der Waals surface area contributed by atoms with E-state index in [1.54, 1.807) is 42.7 Å². The lowest BCUT2D eigenvalue weighted by Gasteiger charge is -2.22. The van der Waals surface area contributed by atoms with E-state index in [0.29, 0.717) is 34.5 Å². The molecule has 0 aliphatic carbocycles. The lowest BCUT2D eigenvalue weighted by molar-refractivity contribution is -0.132. The number of fused-ring (bicyclic) bond motifs is 1. The Morgan fingerprint density at radius 3 is 2.56 bits per heavy atom. The number of aryl methyl sites for hydroxylation is 1. The van der Waals surface area contributed by atoms with Gasteiger partial charge in [-0.3, -0.25) is 19.5 Å². The number of hydrogen-bond donors (Lipinski definition) is 1. The number of Topliss-reactive ketones (excluding diaryl/α,β-unsaturated/α-hetero) is 1. The first kappa shape index (κ1) is 23.7. The molecule has 4 aromatic rings. The molecule has 1 amide bonds. The van der Waals surface area contributed by atoms with E-state index < -0.39 is 17.7 Å². The highest BCUT2D eigenvalue weighted by molar-refractivity contribution is 7.22. The van der Waals surface area contributed by atoms with Gasteiger partial charge in [-0.1, -0.05) is 37.3 Å². The van der Waals surface area contributed by atoms with E-state index >= 15 is 0 Å². The van der Waals surface area contributed by atoms with Crippen molar-refractivity contribution in [3.05, 3.63) is 89.3 Å². The standard InChI is InChI=1S/C28H25N3O4S/c1-16(2)15-35-21-9-8-19(14-17(21)3)25(32)23-24(18-10-12-29-13-11-18)31(27(34)26(23)33)28-30-20-6-4-5-7-22(20)36-28/h4-14,16,24,32H,15H2,1-3H3/b25-23+. The van der Waals surface area contributed by atoms with Gasteiger partial charge in [-0.25, -0.2) is 4.98 Å². The van der Waals surface area contributed by atoms with Crippen molar-refractivity contribution in [2.75, 3.05) is 11.5 Å². The van der Waals surface area contributed by atoms with Crippen molar-refractivity contribution in [2.24, 2.45) is 5.92 Å². The van der Waals surface area contributed by atoms with Crippen molar-refractivity contribution in [2.45, 2.75) is 26.8 Å². The number of ether oxygens (including phenoxy) is 1. The third-order valence-corrected chi connectivity index (χ3v) is 7.01. The fraction of sp³-hybridized carbons (Fsp3) is 0.214. The number of aliphatic hydroxyl groups is 1. The number of ketones is 1. The Morgan fingerprint density at radius 1 is 1.11 bits per heavy atom. The lowest BCUT2D eigenvalue weighted by Crippen LogP contribution is -2.29. The van der Waals surface area contributed by atoms with E-state index in [0.717, 1.165) is 15.8 Å². The monoisotopic (exact) mass is 499 g/mol. The zero-order valence-corrected chi connectivity index (χ0v) is 21.0. The van der Waals surface area contributed by atoms with Gasteiger partial charge in [0.05, 0.1) is 28.4 Å². The number of thiazole rings is 1. The average Bonchev–Trinajstić information content (AvgIpc) is 3.41. The second-order valence-corrected chi connectivity index (χ2v) is 10.1. The van der Waals surface area contributed by atoms with Crippen molar-refractivity contribution >= 4 is 44.1 Å². The smallest absolute Gasteiger partial charge is 0.301 e. The number of aliphatic hydroxyl groups excluding tert-OH is 1. The van der Waals surface area contributed by atoms with Crippen LogP contribution in [0.25, 0.3) is 16.0 Å². The highest BCUT2D eigenvalue weighted by Crippen LogP contribution is 2.44. The van der Waals surface area contributed by atoms with Crippen molar-refractivity contribution < 1.29 is 19.4 Å². The molecule has 1 N–H and O–H groups in total. The number of anilines is 1. The van der Waals surface area contributed by atoms with Crippen LogP contribution in [0.15, 0.2) is 72.6 Å². The van der Waals surface area contributed by atoms with Crippen LogP contribution in [0.4, 0.5) is 5.13 Å². The number of aromatic nitrogens is 2. The molecule has 3 heterocycles. The van der Waals surface area contributed by atoms with Crippen LogP contribution in [0, 0.1) is 12.8 Å². The second-order valence-electron chi connectivity index (χ2n) is 9.10. The van der Waals surface area contributed by atoms with Crippen molar-refractivity contribution in [3.8, 4) is 5.75 Å². The van der Waals surface area contributed by atoms with Crippen molar-refractivity contribution in [1.82, 2.24) is 9.97 Å². The quantitative estimate of drug-likeness (QED) is 0.209. The van der Waals surface area contributed by atoms with Gasteiger partial charge < -0.3 is 9.84 Å². The van der Waals surface area contributed by atoms with Gasteiger partial charge in [0, 0.05) is 18.0 Å². The number of hydrogen-bond acceptors (Lipinski definition) is 7. The molecule has 0 bridgehead atoms. The normalized spacial score (nSPS) is 17.3. The SMILES string of the molecule is Cc1cc(/C(O)=C2\C(=O)C(=O)N(c3nc4ccccc4s3)C2c2ccncc2)ccc1OCC(C)C. The van der Waals surface area contributed by atoms with E-state index in [1.807, 2.05) is 31.2 Å². The molecular formula is C28H25N3O4S. The molecule has 0 radical (unpaired) electrons. The molecule has 0 spiro atoms. The van der Waals surface area contributed by atoms with E-state index in [1.165, 1.54) is 16.2 Å². The molecule has 5 rings (SSSR count). The highest BCUT2D eigenvalue weighted by Gasteiger charge is 2.48. The molecule has 1 aliphatic rings. The predicted octanol–water partition coefficient (Wildman–Crippen LogP) is 5.66. The third-order valence-electron chi connectivity index (χ3n) is 5.98. The molecule has 1 unspecified atom stereocenters. The van der Waals surface area contributed by atoms with Gasteiger partial charge in [-0.2, -0.15) is 0 Å². The summed E-state index contributed by atoms with van der Waals surface area (Å²) >= 11 is 1.33. The third kappa shape index (κ3) is 4.24. The first-order chi connectivity index (χ1) is 17.3. The lowest BCUT2D eigenvalue weighted by atomic mass is 9.95. The van der Waals surface area contributed by atoms with Gasteiger partial charge in [0.2, 0.25) is 0 Å². The number of carbonyl (C=O) groups excluding carboxylic acids is 2. The molecule has 36 heavy (non-hydrogen) atoms. The summed E-state index contributed by atoms with van der Waals surface area (Å²) in [5.74, 6) is -0.646. The predicted molar refractivity (Wildman–Crippen MR) is 140 cm³/mol. The summed E-state index contributed by atoms with van der Waals surface area (Å²) in [7, 11) is 0. The Labute approximate surface area is 212 Å². The van der Waals surface area contributed by atoms with Crippen LogP contribution < -0.4 is 9.64 Å². The van der Waals surface area contributed by atoms with Gasteiger partial charge in [0.25, 0.3) is 5.78 Å². The van der Waals surface area contributed by atoms with E-state index in [4.69, 9.17) is 4.74 Å². The number of carbonyl (C=O) groups is 2. The summed E-state index contributed by atoms with van der Waals surface area (Å²) in [6.07, 6.45) is 3.19. The summed E-state index contributed by atoms with van der Waals surface area (Å²) in [5.41, 5.74) is 2.66. The maximum atomic E-state index is 13.4. The van der Waals surface area contributed by atoms with Crippen LogP contribution in [-0.2, 0) is 9.59 Å². The van der Waals surface area contributed by atoms with Gasteiger partial charge in [0.1, 0.15) is 11.5 Å². The minimum atomic E-state index is -0.842. The number of para-hydroxylation sites is 1. The molecule has 7 nitrogen and oxygen atoms in total. The molecule has 1 saturated heterocycles. The molecule has 1 fully saturated rings. The molecule has 0 saturated carbocycles. The minimum absolute atomic E-state index is 0.0145. The van der Waals surface area contributed by atoms with Gasteiger partial charge in [-0.05, 0) is 66.4 Å². The van der Waals surface area contributed by atoms with Gasteiger partial charge in [0.15, 0.2) is 5.13 Å². The minimum Gasteiger partial charge on any atom is -0.507 e. The number of rotatable bonds is 6. The van der Waals surface area contributed by atoms with Gasteiger partial charge >= 0.3 is 5.91 Å². The molecule has 1 aliphatic heterocycles. The van der Waals surface area contributed by atoms with Crippen LogP contribution in [0.2, 0.25) is 0 Å². The first-order valence-corrected chi connectivity index (χ1v) is 12.5. The number of nitrogens with zero attached hydrogens (tertiary/aromatic N) is 3. The zero-order valence-electron chi connectivity index (χ0n) is 20.1. The molecular weight excluding hydrogens is 474 g/mol. The van der Waals surface area contributed by atoms with E-state index in [2.05, 4.69) is 23.8 Å². The van der Waals surface area contributed by atoms with Crippen molar-refractivity contribution in [1.29, 1.82) is 0 Å². The maximum Gasteiger partial charge on any atom is 0.301 e. The topological polar surface area (TPSA) is 92.6 Å². The summed E-state index contributed by atoms with van der Waals surface area (Å²) in [4.78, 5) is 36.8. The van der Waals surface area contributed by atoms with Crippen molar-refractivity contribution in [3.63, 3.8) is 0 Å². The fourth-order valence-electron chi connectivity index (χ4n) is 4.22. The zero-order chi connectivity index (χ0) is 25.4. The van der Waals surface area contributed by atoms with E-state index in [-0.39, 0.29) is 11.3 Å². The summed E-state index contributed by atoms with van der Waals surface area (Å²) in [6.45, 7) is 6.59. The number of pyridine rings is 1. The number of amides is 1. The molecule has 2 aromatic carbocycles. The van der Waals surface area contributed by atoms with Gasteiger partial charge in [-0.15, -0.1) is 0 Å². The van der Waals surface area contributed by atoms with Crippen LogP contribution in [0.3, 0.4) is 0 Å². The highest BCUT2D eigenvalue weighted by atomic mass is 32.1. The molecule has 2 aromatic heterocycles. The van der Waals surface area contributed by atoms with Crippen LogP contribution in [0.5, 0.6) is 5.75 Å². The molecule has 1 atom stereocenters. The summed E-state index contributed by atoms with van der Waals surface area (Å²) in [6, 6.07) is 15.4. The Balaban J connectivity index is 1.63. The maximum absolute atomic E-state index is 13.4. The Kier molecular flexibility index (Phi) is 6.28. The molecule has 8 heteroatoms. The first-order valence-electron chi connectivity index (χ1n) is 11.7. The summed E-state index contributed by atoms with van der Waals surface area (Å²) < 4.78 is 6.75. The van der Waals surface area contributed by atoms with Crippen LogP contribution >= 0.6 is 11.3 Å². The largest absolute Gasteiger partial charge is 0.507 e. The van der Waals surface area contributed by atoms with Crippen LogP contribution in [-0.4, -0.2) is 33.4 Å². The second kappa shape index (κ2) is 9.54. The summed E-state index contributed by atoms with van der Waals surface area (Å²) in [5, 5.41) is 11.8. The van der Waals surface area contributed by atoms with E-state index in [9.17, 15) is 14.7 Å². The number of benzene rings is 2. The Bertz CT molecular complexity index is 1460. The fourth-order valence-corrected chi connectivity index (χ4v) is 5.22. The Morgan fingerprint density at radius 2 is 1.86 bits per heavy atom. The average molecular weight is 500 g/mol. The molecule has 182 valence electrons. The Hall–Kier alpha value is -4.04. The van der Waals surface area contributed by atoms with Crippen LogP contribution in [0.1, 0.15) is 36.6 Å².